The fraction of sp³-hybridized carbons (Fsp3) is 0.391. The lowest BCUT2D eigenvalue weighted by Crippen LogP contribution is -2.28. The van der Waals surface area contributed by atoms with Crippen molar-refractivity contribution in [1.29, 1.82) is 0 Å². The van der Waals surface area contributed by atoms with E-state index in [1.165, 1.54) is 23.3 Å². The Hall–Kier alpha value is -3.11. The molecule has 9 nitrogen and oxygen atoms in total. The van der Waals surface area contributed by atoms with Gasteiger partial charge in [-0.1, -0.05) is 6.07 Å². The van der Waals surface area contributed by atoms with E-state index >= 15 is 0 Å². The molecule has 1 amide bonds. The monoisotopic (exact) mass is 474 g/mol. The number of carbonyl (C=O) groups is 2. The number of hydrogen-bond acceptors (Lipinski definition) is 7. The lowest BCUT2D eigenvalue weighted by Gasteiger charge is -2.11. The van der Waals surface area contributed by atoms with E-state index < -0.39 is 28.5 Å². The Morgan fingerprint density at radius 2 is 1.73 bits per heavy atom. The van der Waals surface area contributed by atoms with E-state index in [4.69, 9.17) is 14.2 Å². The zero-order valence-corrected chi connectivity index (χ0v) is 18.9. The summed E-state index contributed by atoms with van der Waals surface area (Å²) >= 11 is 0. The minimum atomic E-state index is -3.85. The maximum Gasteiger partial charge on any atom is 0.307 e. The Balaban J connectivity index is 1.21. The minimum absolute atomic E-state index is 0.00819. The quantitative estimate of drug-likeness (QED) is 0.563. The molecular formula is C23H26N2O7S. The van der Waals surface area contributed by atoms with E-state index in [1.807, 2.05) is 18.2 Å². The number of esters is 1. The average Bonchev–Trinajstić information content (AvgIpc) is 3.13. The van der Waals surface area contributed by atoms with Gasteiger partial charge in [-0.25, -0.2) is 13.1 Å². The van der Waals surface area contributed by atoms with Crippen LogP contribution in [0.15, 0.2) is 41.3 Å². The van der Waals surface area contributed by atoms with Crippen molar-refractivity contribution in [1.82, 2.24) is 4.72 Å². The number of aryl methyl sites for hydroxylation is 2. The van der Waals surface area contributed by atoms with Crippen molar-refractivity contribution >= 4 is 27.6 Å². The Labute approximate surface area is 192 Å². The van der Waals surface area contributed by atoms with E-state index in [2.05, 4.69) is 10.0 Å². The molecule has 1 aliphatic carbocycles. The molecule has 0 aromatic heterocycles. The van der Waals surface area contributed by atoms with Crippen molar-refractivity contribution in [2.75, 3.05) is 31.7 Å². The molecule has 0 bridgehead atoms. The van der Waals surface area contributed by atoms with Gasteiger partial charge in [0, 0.05) is 24.7 Å². The third-order valence-electron chi connectivity index (χ3n) is 5.40. The van der Waals surface area contributed by atoms with Crippen molar-refractivity contribution in [3.63, 3.8) is 0 Å². The lowest BCUT2D eigenvalue weighted by molar-refractivity contribution is -0.147. The number of amides is 1. The molecule has 0 saturated heterocycles. The number of rotatable bonds is 8. The largest absolute Gasteiger partial charge is 0.490 e. The van der Waals surface area contributed by atoms with Gasteiger partial charge in [0.1, 0.15) is 0 Å². The highest BCUT2D eigenvalue weighted by molar-refractivity contribution is 7.89. The molecule has 0 spiro atoms. The van der Waals surface area contributed by atoms with Crippen LogP contribution in [0.3, 0.4) is 0 Å². The van der Waals surface area contributed by atoms with Gasteiger partial charge >= 0.3 is 5.97 Å². The van der Waals surface area contributed by atoms with Crippen LogP contribution in [0, 0.1) is 0 Å². The number of ether oxygens (including phenoxy) is 3. The second-order valence-electron chi connectivity index (χ2n) is 7.85. The first-order chi connectivity index (χ1) is 15.9. The van der Waals surface area contributed by atoms with Crippen LogP contribution in [0.1, 0.15) is 30.4 Å². The highest BCUT2D eigenvalue weighted by atomic mass is 32.2. The molecule has 0 saturated carbocycles. The Morgan fingerprint density at radius 1 is 0.939 bits per heavy atom. The lowest BCUT2D eigenvalue weighted by atomic mass is 10.1. The van der Waals surface area contributed by atoms with E-state index in [0.29, 0.717) is 36.8 Å². The molecule has 2 N–H and O–H groups in total. The number of nitrogens with one attached hydrogen (secondary N) is 2. The van der Waals surface area contributed by atoms with E-state index in [9.17, 15) is 18.0 Å². The summed E-state index contributed by atoms with van der Waals surface area (Å²) in [6.45, 7) is 0.341. The number of carbonyl (C=O) groups excluding carboxylic acids is 2. The molecule has 33 heavy (non-hydrogen) atoms. The van der Waals surface area contributed by atoms with Gasteiger partial charge in [-0.3, -0.25) is 9.59 Å². The summed E-state index contributed by atoms with van der Waals surface area (Å²) in [7, 11) is -3.85. The fourth-order valence-corrected chi connectivity index (χ4v) is 4.79. The van der Waals surface area contributed by atoms with E-state index in [-0.39, 0.29) is 17.9 Å². The molecule has 4 rings (SSSR count). The van der Waals surface area contributed by atoms with Gasteiger partial charge in [0.15, 0.2) is 18.1 Å². The number of fused-ring (bicyclic) bond motifs is 2. The zero-order chi connectivity index (χ0) is 23.3. The highest BCUT2D eigenvalue weighted by Crippen LogP contribution is 2.31. The van der Waals surface area contributed by atoms with Crippen molar-refractivity contribution in [2.24, 2.45) is 0 Å². The predicted molar refractivity (Wildman–Crippen MR) is 120 cm³/mol. The Kier molecular flexibility index (Phi) is 7.14. The number of benzene rings is 2. The molecule has 2 aromatic carbocycles. The smallest absolute Gasteiger partial charge is 0.307 e. The second kappa shape index (κ2) is 10.2. The maximum atomic E-state index is 12.5. The van der Waals surface area contributed by atoms with E-state index in [0.717, 1.165) is 19.3 Å². The minimum Gasteiger partial charge on any atom is -0.490 e. The molecule has 0 atom stereocenters. The van der Waals surface area contributed by atoms with Crippen LogP contribution in [-0.2, 0) is 37.2 Å². The average molecular weight is 475 g/mol. The zero-order valence-electron chi connectivity index (χ0n) is 18.1. The SMILES string of the molecule is O=C(COC(=O)CCNS(=O)(=O)c1ccc2c(c1)OCCCO2)Nc1ccc2c(c1)CCC2. The summed E-state index contributed by atoms with van der Waals surface area (Å²) in [6, 6.07) is 10.1. The number of hydrogen-bond donors (Lipinski definition) is 2. The van der Waals surface area contributed by atoms with Crippen LogP contribution >= 0.6 is 0 Å². The van der Waals surface area contributed by atoms with Crippen LogP contribution < -0.4 is 19.5 Å². The molecule has 10 heteroatoms. The molecule has 1 heterocycles. The second-order valence-corrected chi connectivity index (χ2v) is 9.62. The summed E-state index contributed by atoms with van der Waals surface area (Å²) in [5, 5.41) is 2.71. The molecular weight excluding hydrogens is 448 g/mol. The van der Waals surface area contributed by atoms with Crippen LogP contribution in [0.5, 0.6) is 11.5 Å². The van der Waals surface area contributed by atoms with Crippen molar-refractivity contribution in [3.05, 3.63) is 47.5 Å². The molecule has 1 aliphatic heterocycles. The van der Waals surface area contributed by atoms with Crippen molar-refractivity contribution < 1.29 is 32.2 Å². The normalized spacial score (nSPS) is 14.8. The summed E-state index contributed by atoms with van der Waals surface area (Å²) in [5.74, 6) is -0.271. The molecule has 0 unspecified atom stereocenters. The first-order valence-electron chi connectivity index (χ1n) is 10.9. The van der Waals surface area contributed by atoms with Crippen LogP contribution in [-0.4, -0.2) is 46.7 Å². The van der Waals surface area contributed by atoms with Gasteiger partial charge in [-0.05, 0) is 54.7 Å². The number of anilines is 1. The van der Waals surface area contributed by atoms with E-state index in [1.54, 1.807) is 6.07 Å². The summed E-state index contributed by atoms with van der Waals surface area (Å²) in [6.07, 6.45) is 3.66. The van der Waals surface area contributed by atoms with Gasteiger partial charge < -0.3 is 19.5 Å². The third kappa shape index (κ3) is 6.02. The van der Waals surface area contributed by atoms with Gasteiger partial charge in [-0.2, -0.15) is 0 Å². The van der Waals surface area contributed by atoms with Crippen molar-refractivity contribution in [2.45, 2.75) is 37.0 Å². The molecule has 2 aromatic rings. The third-order valence-corrected chi connectivity index (χ3v) is 6.86. The number of sulfonamides is 1. The fourth-order valence-electron chi connectivity index (χ4n) is 3.75. The van der Waals surface area contributed by atoms with Crippen LogP contribution in [0.4, 0.5) is 5.69 Å². The van der Waals surface area contributed by atoms with Gasteiger partial charge in [0.05, 0.1) is 24.5 Å². The summed E-state index contributed by atoms with van der Waals surface area (Å²) < 4.78 is 43.3. The Morgan fingerprint density at radius 3 is 2.58 bits per heavy atom. The standard InChI is InChI=1S/C23H26N2O7S/c26-22(25-18-6-5-16-3-1-4-17(16)13-18)15-32-23(27)9-10-24-33(28,29)19-7-8-20-21(14-19)31-12-2-11-30-20/h5-8,13-14,24H,1-4,9-12,15H2,(H,25,26). The molecule has 0 radical (unpaired) electrons. The summed E-state index contributed by atoms with van der Waals surface area (Å²) in [4.78, 5) is 24.0. The first kappa shape index (κ1) is 23.1. The van der Waals surface area contributed by atoms with Crippen molar-refractivity contribution in [3.8, 4) is 11.5 Å². The molecule has 0 fully saturated rings. The maximum absolute atomic E-state index is 12.5. The van der Waals surface area contributed by atoms with Crippen LogP contribution in [0.2, 0.25) is 0 Å². The highest BCUT2D eigenvalue weighted by Gasteiger charge is 2.19. The summed E-state index contributed by atoms with van der Waals surface area (Å²) in [5.41, 5.74) is 3.19. The van der Waals surface area contributed by atoms with Crippen LogP contribution in [0.25, 0.3) is 0 Å². The van der Waals surface area contributed by atoms with Gasteiger partial charge in [-0.15, -0.1) is 0 Å². The predicted octanol–water partition coefficient (Wildman–Crippen LogP) is 2.19. The molecule has 176 valence electrons. The Bertz CT molecular complexity index is 1150. The van der Waals surface area contributed by atoms with Gasteiger partial charge in [0.2, 0.25) is 10.0 Å². The topological polar surface area (TPSA) is 120 Å². The molecule has 2 aliphatic rings. The van der Waals surface area contributed by atoms with Gasteiger partial charge in [0.25, 0.3) is 5.91 Å². The first-order valence-corrected chi connectivity index (χ1v) is 12.4.